The van der Waals surface area contributed by atoms with Crippen LogP contribution in [0.2, 0.25) is 0 Å². The number of ether oxygens (including phenoxy) is 2. The van der Waals surface area contributed by atoms with E-state index in [0.29, 0.717) is 19.7 Å². The molecule has 0 aliphatic heterocycles. The molecule has 0 spiro atoms. The van der Waals surface area contributed by atoms with Crippen LogP contribution in [0.1, 0.15) is 5.56 Å². The third kappa shape index (κ3) is 6.36. The van der Waals surface area contributed by atoms with E-state index in [9.17, 15) is 4.79 Å². The first-order valence-electron chi connectivity index (χ1n) is 7.41. The van der Waals surface area contributed by atoms with E-state index in [0.717, 1.165) is 17.1 Å². The van der Waals surface area contributed by atoms with Crippen LogP contribution in [-0.2, 0) is 11.3 Å². The van der Waals surface area contributed by atoms with E-state index in [-0.39, 0.29) is 12.5 Å². The molecule has 1 amide bonds. The molecule has 0 saturated carbocycles. The molecular formula is C17H21N3O3. The largest absolute Gasteiger partial charge is 0.497 e. The van der Waals surface area contributed by atoms with E-state index in [2.05, 4.69) is 15.6 Å². The van der Waals surface area contributed by atoms with E-state index >= 15 is 0 Å². The minimum atomic E-state index is -0.0580. The highest BCUT2D eigenvalue weighted by atomic mass is 16.5. The standard InChI is InChI=1S/C17H21N3O3/c1-22-15-2-4-16(5-3-15)23-11-10-20-17(21)13-19-12-14-6-8-18-9-7-14/h2-9,19H,10-13H2,1H3,(H,20,21). The van der Waals surface area contributed by atoms with Crippen molar-refractivity contribution in [2.45, 2.75) is 6.54 Å². The van der Waals surface area contributed by atoms with Crippen molar-refractivity contribution in [1.82, 2.24) is 15.6 Å². The van der Waals surface area contributed by atoms with Gasteiger partial charge in [-0.15, -0.1) is 0 Å². The van der Waals surface area contributed by atoms with Crippen LogP contribution < -0.4 is 20.1 Å². The van der Waals surface area contributed by atoms with Gasteiger partial charge < -0.3 is 20.1 Å². The summed E-state index contributed by atoms with van der Waals surface area (Å²) >= 11 is 0. The number of carbonyl (C=O) groups is 1. The van der Waals surface area contributed by atoms with Crippen LogP contribution in [-0.4, -0.2) is 37.7 Å². The second-order valence-corrected chi connectivity index (χ2v) is 4.83. The van der Waals surface area contributed by atoms with Gasteiger partial charge in [-0.3, -0.25) is 9.78 Å². The van der Waals surface area contributed by atoms with Crippen molar-refractivity contribution in [3.63, 3.8) is 0 Å². The molecule has 23 heavy (non-hydrogen) atoms. The fraction of sp³-hybridized carbons (Fsp3) is 0.294. The van der Waals surface area contributed by atoms with Gasteiger partial charge in [0.1, 0.15) is 18.1 Å². The van der Waals surface area contributed by atoms with Gasteiger partial charge in [0.15, 0.2) is 0 Å². The fourth-order valence-corrected chi connectivity index (χ4v) is 1.91. The first kappa shape index (κ1) is 16.8. The van der Waals surface area contributed by atoms with Crippen molar-refractivity contribution in [3.05, 3.63) is 54.4 Å². The lowest BCUT2D eigenvalue weighted by atomic mass is 10.3. The predicted octanol–water partition coefficient (Wildman–Crippen LogP) is 1.37. The number of methoxy groups -OCH3 is 1. The zero-order valence-corrected chi connectivity index (χ0v) is 13.1. The zero-order chi connectivity index (χ0) is 16.3. The molecule has 0 bridgehead atoms. The lowest BCUT2D eigenvalue weighted by Gasteiger charge is -2.09. The first-order chi connectivity index (χ1) is 11.3. The van der Waals surface area contributed by atoms with Crippen LogP contribution in [0.5, 0.6) is 11.5 Å². The maximum absolute atomic E-state index is 11.7. The minimum absolute atomic E-state index is 0.0580. The maximum Gasteiger partial charge on any atom is 0.234 e. The molecule has 0 unspecified atom stereocenters. The van der Waals surface area contributed by atoms with E-state index < -0.39 is 0 Å². The number of hydrogen-bond donors (Lipinski definition) is 2. The highest BCUT2D eigenvalue weighted by Gasteiger charge is 2.01. The van der Waals surface area contributed by atoms with E-state index in [4.69, 9.17) is 9.47 Å². The van der Waals surface area contributed by atoms with Crippen LogP contribution in [0, 0.1) is 0 Å². The van der Waals surface area contributed by atoms with Crippen LogP contribution in [0.4, 0.5) is 0 Å². The smallest absolute Gasteiger partial charge is 0.234 e. The molecule has 2 aromatic rings. The third-order valence-corrected chi connectivity index (χ3v) is 3.12. The Balaban J connectivity index is 1.55. The van der Waals surface area contributed by atoms with Crippen molar-refractivity contribution >= 4 is 5.91 Å². The van der Waals surface area contributed by atoms with Crippen molar-refractivity contribution in [2.24, 2.45) is 0 Å². The van der Waals surface area contributed by atoms with Gasteiger partial charge in [0.05, 0.1) is 20.2 Å². The van der Waals surface area contributed by atoms with Crippen LogP contribution >= 0.6 is 0 Å². The van der Waals surface area contributed by atoms with Crippen LogP contribution in [0.25, 0.3) is 0 Å². The number of benzene rings is 1. The monoisotopic (exact) mass is 315 g/mol. The number of aromatic nitrogens is 1. The van der Waals surface area contributed by atoms with Crippen molar-refractivity contribution < 1.29 is 14.3 Å². The quantitative estimate of drug-likeness (QED) is 0.684. The minimum Gasteiger partial charge on any atom is -0.497 e. The summed E-state index contributed by atoms with van der Waals surface area (Å²) in [4.78, 5) is 15.6. The maximum atomic E-state index is 11.7. The average Bonchev–Trinajstić information content (AvgIpc) is 2.60. The fourth-order valence-electron chi connectivity index (χ4n) is 1.91. The van der Waals surface area contributed by atoms with Crippen molar-refractivity contribution in [2.75, 3.05) is 26.8 Å². The SMILES string of the molecule is COc1ccc(OCCNC(=O)CNCc2ccncc2)cc1. The molecule has 0 atom stereocenters. The Morgan fingerprint density at radius 1 is 1.09 bits per heavy atom. The summed E-state index contributed by atoms with van der Waals surface area (Å²) in [6, 6.07) is 11.1. The third-order valence-electron chi connectivity index (χ3n) is 3.12. The number of rotatable bonds is 9. The average molecular weight is 315 g/mol. The summed E-state index contributed by atoms with van der Waals surface area (Å²) in [6.45, 7) is 1.79. The summed E-state index contributed by atoms with van der Waals surface area (Å²) in [6.07, 6.45) is 3.46. The zero-order valence-electron chi connectivity index (χ0n) is 13.1. The second-order valence-electron chi connectivity index (χ2n) is 4.83. The van der Waals surface area contributed by atoms with Gasteiger partial charge in [0.2, 0.25) is 5.91 Å². The summed E-state index contributed by atoms with van der Waals surface area (Å²) in [7, 11) is 1.62. The molecule has 0 radical (unpaired) electrons. The van der Waals surface area contributed by atoms with Crippen LogP contribution in [0.15, 0.2) is 48.8 Å². The van der Waals surface area contributed by atoms with Gasteiger partial charge in [0.25, 0.3) is 0 Å². The summed E-state index contributed by atoms with van der Waals surface area (Å²) in [5.74, 6) is 1.47. The summed E-state index contributed by atoms with van der Waals surface area (Å²) < 4.78 is 10.6. The van der Waals surface area contributed by atoms with Gasteiger partial charge in [-0.2, -0.15) is 0 Å². The Hall–Kier alpha value is -2.60. The number of nitrogens with zero attached hydrogens (tertiary/aromatic N) is 1. The molecule has 6 nitrogen and oxygen atoms in total. The molecule has 2 rings (SSSR count). The van der Waals surface area contributed by atoms with Crippen LogP contribution in [0.3, 0.4) is 0 Å². The molecule has 6 heteroatoms. The lowest BCUT2D eigenvalue weighted by Crippen LogP contribution is -2.35. The van der Waals surface area contributed by atoms with Gasteiger partial charge in [-0.25, -0.2) is 0 Å². The Labute approximate surface area is 135 Å². The van der Waals surface area contributed by atoms with Crippen molar-refractivity contribution in [1.29, 1.82) is 0 Å². The van der Waals surface area contributed by atoms with Gasteiger partial charge in [-0.1, -0.05) is 0 Å². The summed E-state index contributed by atoms with van der Waals surface area (Å²) in [5.41, 5.74) is 1.09. The molecule has 0 fully saturated rings. The predicted molar refractivity (Wildman–Crippen MR) is 87.4 cm³/mol. The Bertz CT molecular complexity index is 588. The molecule has 0 aliphatic rings. The number of amides is 1. The molecule has 122 valence electrons. The van der Waals surface area contributed by atoms with E-state index in [1.54, 1.807) is 19.5 Å². The normalized spacial score (nSPS) is 10.1. The van der Waals surface area contributed by atoms with Crippen molar-refractivity contribution in [3.8, 4) is 11.5 Å². The highest BCUT2D eigenvalue weighted by Crippen LogP contribution is 2.16. The van der Waals surface area contributed by atoms with Gasteiger partial charge in [-0.05, 0) is 42.0 Å². The molecule has 1 aromatic heterocycles. The highest BCUT2D eigenvalue weighted by molar-refractivity contribution is 5.77. The Kier molecular flexibility index (Phi) is 6.87. The first-order valence-corrected chi connectivity index (χ1v) is 7.41. The molecule has 1 aromatic carbocycles. The van der Waals surface area contributed by atoms with Gasteiger partial charge in [0, 0.05) is 18.9 Å². The number of carbonyl (C=O) groups excluding carboxylic acids is 1. The molecular weight excluding hydrogens is 294 g/mol. The number of nitrogens with one attached hydrogen (secondary N) is 2. The topological polar surface area (TPSA) is 72.5 Å². The van der Waals surface area contributed by atoms with E-state index in [1.165, 1.54) is 0 Å². The summed E-state index contributed by atoms with van der Waals surface area (Å²) in [5, 5.41) is 5.88. The molecule has 1 heterocycles. The molecule has 0 aliphatic carbocycles. The van der Waals surface area contributed by atoms with E-state index in [1.807, 2.05) is 36.4 Å². The Morgan fingerprint density at radius 2 is 1.78 bits per heavy atom. The lowest BCUT2D eigenvalue weighted by molar-refractivity contribution is -0.120. The molecule has 2 N–H and O–H groups in total. The van der Waals surface area contributed by atoms with Gasteiger partial charge >= 0.3 is 0 Å². The Morgan fingerprint density at radius 3 is 2.48 bits per heavy atom. The number of hydrogen-bond acceptors (Lipinski definition) is 5. The second kappa shape index (κ2) is 9.42. The molecule has 0 saturated heterocycles. The number of pyridine rings is 1.